The third-order valence-corrected chi connectivity index (χ3v) is 3.70. The molecule has 0 aliphatic heterocycles. The number of thiol groups is 1. The molecule has 0 saturated carbocycles. The zero-order chi connectivity index (χ0) is 18.4. The molecule has 0 saturated heterocycles. The van der Waals surface area contributed by atoms with Gasteiger partial charge in [-0.2, -0.15) is 12.6 Å². The fourth-order valence-electron chi connectivity index (χ4n) is 1.86. The Labute approximate surface area is 151 Å². The summed E-state index contributed by atoms with van der Waals surface area (Å²) in [4.78, 5) is 40.3. The molecule has 0 radical (unpaired) electrons. The Morgan fingerprint density at radius 3 is 2.17 bits per heavy atom. The highest BCUT2D eigenvalue weighted by molar-refractivity contribution is 7.81. The van der Waals surface area contributed by atoms with E-state index in [0.29, 0.717) is 39.0 Å². The second kappa shape index (κ2) is 13.8. The Morgan fingerprint density at radius 1 is 1.00 bits per heavy atom. The Morgan fingerprint density at radius 2 is 1.58 bits per heavy atom. The normalized spacial score (nSPS) is 11.6. The number of carbonyl (C=O) groups is 2. The Bertz CT molecular complexity index is 364. The van der Waals surface area contributed by atoms with Crippen molar-refractivity contribution in [2.45, 2.75) is 63.5 Å². The molecule has 24 heavy (non-hydrogen) atoms. The summed E-state index contributed by atoms with van der Waals surface area (Å²) in [6.45, 7) is 5.32. The number of nitrogens with one attached hydrogen (secondary N) is 2. The standard InChI is InChI=1S/C15H31N2O5PS/c1-15(2,24)12-17-14(19)9-7-8-13(18)16-10-5-3-4-6-11-22-23(20)21/h20-21,24H,3-12H2,1-2H3,(H,16,18)(H,17,19). The third-order valence-electron chi connectivity index (χ3n) is 3.13. The summed E-state index contributed by atoms with van der Waals surface area (Å²) in [6.07, 6.45) is 4.73. The topological polar surface area (TPSA) is 108 Å². The number of rotatable bonds is 14. The van der Waals surface area contributed by atoms with Crippen LogP contribution in [0.25, 0.3) is 0 Å². The molecule has 0 spiro atoms. The minimum atomic E-state index is -2.25. The average molecular weight is 382 g/mol. The molecule has 0 rings (SSSR count). The minimum absolute atomic E-state index is 0.0353. The molecule has 142 valence electrons. The fraction of sp³-hybridized carbons (Fsp3) is 0.867. The van der Waals surface area contributed by atoms with Crippen LogP contribution < -0.4 is 10.6 Å². The maximum atomic E-state index is 11.6. The summed E-state index contributed by atoms with van der Waals surface area (Å²) in [6, 6.07) is 0. The van der Waals surface area contributed by atoms with Gasteiger partial charge in [0, 0.05) is 30.7 Å². The van der Waals surface area contributed by atoms with E-state index in [9.17, 15) is 9.59 Å². The van der Waals surface area contributed by atoms with Crippen LogP contribution in [0.2, 0.25) is 0 Å². The van der Waals surface area contributed by atoms with Crippen LogP contribution in [-0.2, 0) is 14.1 Å². The van der Waals surface area contributed by atoms with E-state index in [0.717, 1.165) is 25.7 Å². The molecule has 7 nitrogen and oxygen atoms in total. The van der Waals surface area contributed by atoms with E-state index in [1.165, 1.54) is 0 Å². The number of hydrogen-bond donors (Lipinski definition) is 5. The molecule has 9 heteroatoms. The second-order valence-electron chi connectivity index (χ2n) is 6.29. The van der Waals surface area contributed by atoms with Gasteiger partial charge in [-0.15, -0.1) is 0 Å². The van der Waals surface area contributed by atoms with Crippen molar-refractivity contribution < 1.29 is 23.9 Å². The maximum Gasteiger partial charge on any atom is 0.327 e. The van der Waals surface area contributed by atoms with Crippen LogP contribution >= 0.6 is 21.2 Å². The first kappa shape index (κ1) is 23.6. The molecular weight excluding hydrogens is 351 g/mol. The summed E-state index contributed by atoms with van der Waals surface area (Å²) in [5.74, 6) is -0.0894. The van der Waals surface area contributed by atoms with Gasteiger partial charge in [0.05, 0.1) is 6.61 Å². The van der Waals surface area contributed by atoms with Crippen LogP contribution in [0.4, 0.5) is 0 Å². The van der Waals surface area contributed by atoms with E-state index in [4.69, 9.17) is 9.79 Å². The molecular formula is C15H31N2O5PS. The van der Waals surface area contributed by atoms with Crippen LogP contribution in [0.1, 0.15) is 58.8 Å². The first-order chi connectivity index (χ1) is 11.2. The van der Waals surface area contributed by atoms with E-state index < -0.39 is 8.60 Å². The van der Waals surface area contributed by atoms with Gasteiger partial charge in [-0.1, -0.05) is 12.8 Å². The molecule has 0 bridgehead atoms. The first-order valence-corrected chi connectivity index (χ1v) is 9.88. The highest BCUT2D eigenvalue weighted by Gasteiger charge is 2.12. The van der Waals surface area contributed by atoms with Crippen molar-refractivity contribution in [1.82, 2.24) is 10.6 Å². The molecule has 0 aliphatic rings. The van der Waals surface area contributed by atoms with Gasteiger partial charge in [0.25, 0.3) is 0 Å². The molecule has 0 aromatic rings. The summed E-state index contributed by atoms with van der Waals surface area (Å²) >= 11 is 4.33. The first-order valence-electron chi connectivity index (χ1n) is 8.27. The van der Waals surface area contributed by atoms with E-state index in [2.05, 4.69) is 27.8 Å². The van der Waals surface area contributed by atoms with Crippen LogP contribution in [-0.4, -0.2) is 46.0 Å². The lowest BCUT2D eigenvalue weighted by Crippen LogP contribution is -2.34. The fourth-order valence-corrected chi connectivity index (χ4v) is 2.23. The van der Waals surface area contributed by atoms with E-state index in [-0.39, 0.29) is 16.6 Å². The van der Waals surface area contributed by atoms with Crippen LogP contribution in [0, 0.1) is 0 Å². The van der Waals surface area contributed by atoms with Gasteiger partial charge in [-0.05, 0) is 33.1 Å². The Hall–Kier alpha value is -0.400. The van der Waals surface area contributed by atoms with Gasteiger partial charge in [-0.25, -0.2) is 0 Å². The smallest absolute Gasteiger partial charge is 0.327 e. The maximum absolute atomic E-state index is 11.6. The second-order valence-corrected chi connectivity index (χ2v) is 8.27. The molecule has 0 aliphatic carbocycles. The highest BCUT2D eigenvalue weighted by atomic mass is 32.1. The van der Waals surface area contributed by atoms with Crippen molar-refractivity contribution in [1.29, 1.82) is 0 Å². The lowest BCUT2D eigenvalue weighted by Gasteiger charge is -2.17. The Kier molecular flexibility index (Phi) is 13.6. The molecule has 0 aromatic carbocycles. The number of unbranched alkanes of at least 4 members (excludes halogenated alkanes) is 3. The molecule has 0 unspecified atom stereocenters. The predicted molar refractivity (Wildman–Crippen MR) is 98.7 cm³/mol. The summed E-state index contributed by atoms with van der Waals surface area (Å²) in [7, 11) is -2.25. The molecule has 0 fully saturated rings. The lowest BCUT2D eigenvalue weighted by atomic mass is 10.2. The molecule has 0 aromatic heterocycles. The quantitative estimate of drug-likeness (QED) is 0.179. The van der Waals surface area contributed by atoms with Crippen LogP contribution in [0.15, 0.2) is 0 Å². The van der Waals surface area contributed by atoms with Gasteiger partial charge >= 0.3 is 8.60 Å². The van der Waals surface area contributed by atoms with Crippen molar-refractivity contribution in [2.75, 3.05) is 19.7 Å². The van der Waals surface area contributed by atoms with Gasteiger partial charge < -0.3 is 24.9 Å². The molecule has 0 heterocycles. The molecule has 4 N–H and O–H groups in total. The van der Waals surface area contributed by atoms with Gasteiger partial charge in [0.2, 0.25) is 11.8 Å². The molecule has 2 amide bonds. The van der Waals surface area contributed by atoms with Gasteiger partial charge in [0.1, 0.15) is 0 Å². The van der Waals surface area contributed by atoms with Crippen molar-refractivity contribution in [3.63, 3.8) is 0 Å². The zero-order valence-corrected chi connectivity index (χ0v) is 16.4. The van der Waals surface area contributed by atoms with Gasteiger partial charge in [0.15, 0.2) is 0 Å². The van der Waals surface area contributed by atoms with Crippen LogP contribution in [0.5, 0.6) is 0 Å². The summed E-state index contributed by atoms with van der Waals surface area (Å²) < 4.78 is 4.42. The van der Waals surface area contributed by atoms with Crippen molar-refractivity contribution in [2.24, 2.45) is 0 Å². The van der Waals surface area contributed by atoms with E-state index in [1.807, 2.05) is 13.8 Å². The summed E-state index contributed by atoms with van der Waals surface area (Å²) in [5, 5.41) is 5.62. The minimum Gasteiger partial charge on any atom is -0.356 e. The number of hydrogen-bond acceptors (Lipinski definition) is 6. The van der Waals surface area contributed by atoms with E-state index in [1.54, 1.807) is 0 Å². The molecule has 0 atom stereocenters. The monoisotopic (exact) mass is 382 g/mol. The Balaban J connectivity index is 3.42. The van der Waals surface area contributed by atoms with Crippen molar-refractivity contribution in [3.05, 3.63) is 0 Å². The number of carbonyl (C=O) groups excluding carboxylic acids is 2. The largest absolute Gasteiger partial charge is 0.356 e. The van der Waals surface area contributed by atoms with Crippen LogP contribution in [0.3, 0.4) is 0 Å². The third kappa shape index (κ3) is 17.9. The number of amides is 2. The predicted octanol–water partition coefficient (Wildman–Crippen LogP) is 1.89. The van der Waals surface area contributed by atoms with Gasteiger partial charge in [-0.3, -0.25) is 9.59 Å². The average Bonchev–Trinajstić information content (AvgIpc) is 2.47. The highest BCUT2D eigenvalue weighted by Crippen LogP contribution is 2.24. The zero-order valence-electron chi connectivity index (χ0n) is 14.6. The SMILES string of the molecule is CC(C)(S)CNC(=O)CCCC(=O)NCCCCCCOP(O)O. The van der Waals surface area contributed by atoms with E-state index >= 15 is 0 Å². The van der Waals surface area contributed by atoms with Crippen molar-refractivity contribution in [3.8, 4) is 0 Å². The van der Waals surface area contributed by atoms with Crippen molar-refractivity contribution >= 4 is 33.0 Å². The lowest BCUT2D eigenvalue weighted by molar-refractivity contribution is -0.122. The summed E-state index contributed by atoms with van der Waals surface area (Å²) in [5.41, 5.74) is 0.